The molecule has 12 nitrogen and oxygen atoms in total. The zero-order valence-corrected chi connectivity index (χ0v) is 26.0. The van der Waals surface area contributed by atoms with Gasteiger partial charge in [0.15, 0.2) is 0 Å². The third kappa shape index (κ3) is 7.79. The molecule has 1 fully saturated rings. The Kier molecular flexibility index (Phi) is 10.4. The maximum absolute atomic E-state index is 13.6. The molecule has 6 atom stereocenters. The Morgan fingerprint density at radius 3 is 2.48 bits per heavy atom. The number of esters is 2. The molecule has 3 heterocycles. The van der Waals surface area contributed by atoms with E-state index in [2.05, 4.69) is 16.1 Å². The van der Waals surface area contributed by atoms with Crippen LogP contribution in [0.4, 0.5) is 0 Å². The second-order valence-electron chi connectivity index (χ2n) is 11.7. The fourth-order valence-electron chi connectivity index (χ4n) is 5.30. The molecule has 2 aliphatic heterocycles. The van der Waals surface area contributed by atoms with Gasteiger partial charge in [-0.25, -0.2) is 10.4 Å². The molecule has 12 heteroatoms. The molecule has 5 bridgehead atoms. The average molecular weight is 608 g/mol. The van der Waals surface area contributed by atoms with Gasteiger partial charge in [0, 0.05) is 18.9 Å². The van der Waals surface area contributed by atoms with E-state index in [9.17, 15) is 24.0 Å². The van der Waals surface area contributed by atoms with Crippen molar-refractivity contribution in [1.82, 2.24) is 26.1 Å². The quantitative estimate of drug-likeness (QED) is 0.447. The van der Waals surface area contributed by atoms with E-state index >= 15 is 0 Å². The number of aromatic nitrogens is 1. The Morgan fingerprint density at radius 2 is 1.77 bits per heavy atom. The van der Waals surface area contributed by atoms with Gasteiger partial charge < -0.3 is 20.1 Å². The summed E-state index contributed by atoms with van der Waals surface area (Å²) in [5.41, 5.74) is 4.91. The van der Waals surface area contributed by atoms with Crippen molar-refractivity contribution in [3.8, 4) is 0 Å². The molecule has 0 unspecified atom stereocenters. The van der Waals surface area contributed by atoms with Gasteiger partial charge in [0.1, 0.15) is 30.3 Å². The van der Waals surface area contributed by atoms with E-state index in [1.807, 2.05) is 24.3 Å². The maximum Gasteiger partial charge on any atom is 0.325 e. The highest BCUT2D eigenvalue weighted by Gasteiger charge is 2.35. The number of hydrazine groups is 1. The number of nitrogens with zero attached hydrogens (tertiary/aromatic N) is 2. The number of fused-ring (bicyclic) bond motifs is 4. The molecule has 4 rings (SSSR count). The molecule has 2 aliphatic rings. The summed E-state index contributed by atoms with van der Waals surface area (Å²) in [7, 11) is 0. The number of hydrogen-bond acceptors (Lipinski definition) is 9. The van der Waals surface area contributed by atoms with Crippen LogP contribution in [0.5, 0.6) is 0 Å². The first kappa shape index (κ1) is 32.6. The van der Waals surface area contributed by atoms with E-state index in [4.69, 9.17) is 14.5 Å². The first-order valence-electron chi connectivity index (χ1n) is 15.0. The molecular formula is C32H41N5O7. The minimum absolute atomic E-state index is 0.327. The van der Waals surface area contributed by atoms with Gasteiger partial charge in [-0.15, -0.1) is 0 Å². The molecule has 0 saturated carbocycles. The fraction of sp³-hybridized carbons (Fsp3) is 0.500. The predicted molar refractivity (Wildman–Crippen MR) is 162 cm³/mol. The van der Waals surface area contributed by atoms with Crippen LogP contribution in [0.2, 0.25) is 0 Å². The van der Waals surface area contributed by atoms with Gasteiger partial charge in [0.25, 0.3) is 5.91 Å². The number of amides is 3. The van der Waals surface area contributed by atoms with Crippen LogP contribution in [0.3, 0.4) is 0 Å². The summed E-state index contributed by atoms with van der Waals surface area (Å²) in [5, 5.41) is 7.70. The summed E-state index contributed by atoms with van der Waals surface area (Å²) in [5.74, 6) is -3.79. The van der Waals surface area contributed by atoms with Crippen LogP contribution in [0, 0.1) is 11.8 Å². The van der Waals surface area contributed by atoms with E-state index in [0.29, 0.717) is 30.6 Å². The average Bonchev–Trinajstić information content (AvgIpc) is 2.98. The second-order valence-corrected chi connectivity index (χ2v) is 11.7. The molecule has 0 aliphatic carbocycles. The highest BCUT2D eigenvalue weighted by Crippen LogP contribution is 2.23. The molecule has 3 N–H and O–H groups in total. The number of benzene rings is 1. The summed E-state index contributed by atoms with van der Waals surface area (Å²) >= 11 is 0. The smallest absolute Gasteiger partial charge is 0.325 e. The number of carbonyl (C=O) groups excluding carboxylic acids is 5. The Balaban J connectivity index is 1.74. The summed E-state index contributed by atoms with van der Waals surface area (Å²) < 4.78 is 11.1. The lowest BCUT2D eigenvalue weighted by Crippen LogP contribution is -2.61. The standard InChI is InChI=1S/C32H41N5O7/c1-17(2)28-30(40)33-18(3)31(41)37-15-7-8-26(36-37)32(42)44-20(5)25-14-12-23-11-9-22(16-27(23)34-25)10-13-24(29(39)35-28)19(4)43-21(6)38/h9-14,16-20,24,26,28,36H,7-8,15H2,1-6H3,(H,33,40)(H,35,39)/b13-10+/t18-,19-,20+,24+,26-,28-/m0/s1. The van der Waals surface area contributed by atoms with Gasteiger partial charge in [-0.3, -0.25) is 29.0 Å². The van der Waals surface area contributed by atoms with Crippen LogP contribution in [-0.4, -0.2) is 70.4 Å². The van der Waals surface area contributed by atoms with E-state index < -0.39 is 65.9 Å². The zero-order valence-electron chi connectivity index (χ0n) is 26.0. The minimum atomic E-state index is -0.978. The molecular weight excluding hydrogens is 566 g/mol. The summed E-state index contributed by atoms with van der Waals surface area (Å²) in [4.78, 5) is 69.8. The van der Waals surface area contributed by atoms with Gasteiger partial charge >= 0.3 is 11.9 Å². The number of hydrogen-bond donors (Lipinski definition) is 3. The van der Waals surface area contributed by atoms with Crippen molar-refractivity contribution in [3.05, 3.63) is 47.7 Å². The molecule has 2 aromatic rings. The zero-order chi connectivity index (χ0) is 32.1. The van der Waals surface area contributed by atoms with Crippen LogP contribution in [0.25, 0.3) is 17.0 Å². The van der Waals surface area contributed by atoms with Crippen molar-refractivity contribution in [3.63, 3.8) is 0 Å². The normalized spacial score (nSPS) is 26.9. The largest absolute Gasteiger partial charge is 0.462 e. The van der Waals surface area contributed by atoms with Crippen LogP contribution in [0.1, 0.15) is 71.7 Å². The van der Waals surface area contributed by atoms with Gasteiger partial charge in [0.2, 0.25) is 11.8 Å². The SMILES string of the molecule is CC(=O)O[C@@H](C)[C@H]1/C=C/c2ccc3ccc(nc3c2)[C@@H](C)OC(=O)[C@@H]2CCCN(N2)C(=O)[C@H](C)NC(=O)[C@H](C(C)C)NC1=O. The summed E-state index contributed by atoms with van der Waals surface area (Å²) in [6, 6.07) is 6.61. The third-order valence-corrected chi connectivity index (χ3v) is 7.82. The topological polar surface area (TPSA) is 156 Å². The first-order chi connectivity index (χ1) is 20.8. The lowest BCUT2D eigenvalue weighted by atomic mass is 9.97. The number of ether oxygens (including phenoxy) is 2. The third-order valence-electron chi connectivity index (χ3n) is 7.82. The van der Waals surface area contributed by atoms with Crippen molar-refractivity contribution in [2.45, 2.75) is 84.7 Å². The number of nitrogens with one attached hydrogen (secondary N) is 3. The molecule has 1 saturated heterocycles. The van der Waals surface area contributed by atoms with Crippen molar-refractivity contribution in [2.24, 2.45) is 11.8 Å². The molecule has 3 amide bonds. The van der Waals surface area contributed by atoms with Gasteiger partial charge in [-0.05, 0) is 57.2 Å². The van der Waals surface area contributed by atoms with Crippen LogP contribution < -0.4 is 16.1 Å². The predicted octanol–water partition coefficient (Wildman–Crippen LogP) is 2.57. The van der Waals surface area contributed by atoms with Crippen LogP contribution in [-0.2, 0) is 33.4 Å². The molecule has 236 valence electrons. The van der Waals surface area contributed by atoms with Crippen molar-refractivity contribution >= 4 is 46.6 Å². The maximum atomic E-state index is 13.6. The number of carbonyl (C=O) groups is 5. The van der Waals surface area contributed by atoms with E-state index in [1.54, 1.807) is 52.8 Å². The van der Waals surface area contributed by atoms with Gasteiger partial charge in [-0.1, -0.05) is 44.2 Å². The second kappa shape index (κ2) is 14.0. The van der Waals surface area contributed by atoms with Crippen LogP contribution >= 0.6 is 0 Å². The molecule has 1 aromatic carbocycles. The van der Waals surface area contributed by atoms with Crippen LogP contribution in [0.15, 0.2) is 36.4 Å². The Bertz CT molecular complexity index is 1460. The molecule has 0 radical (unpaired) electrons. The monoisotopic (exact) mass is 607 g/mol. The molecule has 44 heavy (non-hydrogen) atoms. The molecule has 0 spiro atoms. The fourth-order valence-corrected chi connectivity index (χ4v) is 5.30. The van der Waals surface area contributed by atoms with E-state index in [0.717, 1.165) is 10.9 Å². The number of pyridine rings is 1. The number of rotatable bonds is 3. The Morgan fingerprint density at radius 1 is 1.05 bits per heavy atom. The van der Waals surface area contributed by atoms with E-state index in [-0.39, 0.29) is 5.92 Å². The minimum Gasteiger partial charge on any atom is -0.462 e. The van der Waals surface area contributed by atoms with Gasteiger partial charge in [-0.2, -0.15) is 0 Å². The summed E-state index contributed by atoms with van der Waals surface area (Å²) in [6.07, 6.45) is 2.91. The Hall–Kier alpha value is -4.32. The summed E-state index contributed by atoms with van der Waals surface area (Å²) in [6.45, 7) is 10.1. The highest BCUT2D eigenvalue weighted by molar-refractivity contribution is 5.93. The Labute approximate surface area is 256 Å². The molecule has 1 aromatic heterocycles. The lowest BCUT2D eigenvalue weighted by Gasteiger charge is -2.35. The van der Waals surface area contributed by atoms with Gasteiger partial charge in [0.05, 0.1) is 17.1 Å². The van der Waals surface area contributed by atoms with Crippen molar-refractivity contribution in [2.75, 3.05) is 6.54 Å². The number of cyclic esters (lactones) is 1. The van der Waals surface area contributed by atoms with E-state index in [1.165, 1.54) is 11.9 Å². The van der Waals surface area contributed by atoms with Crippen molar-refractivity contribution < 1.29 is 33.4 Å². The first-order valence-corrected chi connectivity index (χ1v) is 15.0. The highest BCUT2D eigenvalue weighted by atomic mass is 16.5. The van der Waals surface area contributed by atoms with Crippen molar-refractivity contribution in [1.29, 1.82) is 0 Å². The lowest BCUT2D eigenvalue weighted by molar-refractivity contribution is -0.157.